The standard InChI is InChI=1S/C27H28N4O4/c32-24(29-23-7-3-4-18-9-13-35-26(18)23)17-30-10-8-22-20(16-30)25(19-5-1-2-6-21(19)28-22)27(33)31-11-14-34-15-12-31/h1-7H,8-17H2,(H,29,32). The summed E-state index contributed by atoms with van der Waals surface area (Å²) in [5.41, 5.74) is 5.28. The van der Waals surface area contributed by atoms with E-state index < -0.39 is 0 Å². The minimum atomic E-state index is -0.0906. The van der Waals surface area contributed by atoms with Crippen molar-refractivity contribution in [2.24, 2.45) is 0 Å². The van der Waals surface area contributed by atoms with Crippen LogP contribution in [-0.2, 0) is 28.9 Å². The summed E-state index contributed by atoms with van der Waals surface area (Å²) < 4.78 is 11.2. The van der Waals surface area contributed by atoms with E-state index in [1.165, 1.54) is 0 Å². The van der Waals surface area contributed by atoms with Gasteiger partial charge in [0, 0.05) is 55.7 Å². The predicted molar refractivity (Wildman–Crippen MR) is 132 cm³/mol. The average molecular weight is 473 g/mol. The maximum absolute atomic E-state index is 13.7. The van der Waals surface area contributed by atoms with Gasteiger partial charge >= 0.3 is 0 Å². The first-order chi connectivity index (χ1) is 17.2. The van der Waals surface area contributed by atoms with Crippen molar-refractivity contribution < 1.29 is 19.1 Å². The van der Waals surface area contributed by atoms with Crippen LogP contribution in [0.5, 0.6) is 5.75 Å². The molecule has 35 heavy (non-hydrogen) atoms. The number of para-hydroxylation sites is 2. The van der Waals surface area contributed by atoms with Crippen LogP contribution < -0.4 is 10.1 Å². The molecule has 1 fully saturated rings. The van der Waals surface area contributed by atoms with Crippen LogP contribution in [-0.4, -0.2) is 72.6 Å². The Morgan fingerprint density at radius 1 is 0.971 bits per heavy atom. The molecule has 0 unspecified atom stereocenters. The number of morpholine rings is 1. The van der Waals surface area contributed by atoms with E-state index in [1.54, 1.807) is 0 Å². The second-order valence-electron chi connectivity index (χ2n) is 9.23. The maximum atomic E-state index is 13.7. The number of benzene rings is 2. The van der Waals surface area contributed by atoms with E-state index in [0.717, 1.165) is 45.6 Å². The number of nitrogens with one attached hydrogen (secondary N) is 1. The number of carbonyl (C=O) groups is 2. The number of hydrogen-bond donors (Lipinski definition) is 1. The monoisotopic (exact) mass is 472 g/mol. The van der Waals surface area contributed by atoms with Crippen molar-refractivity contribution in [1.82, 2.24) is 14.8 Å². The fourth-order valence-corrected chi connectivity index (χ4v) is 5.26. The Kier molecular flexibility index (Phi) is 5.83. The molecule has 1 saturated heterocycles. The summed E-state index contributed by atoms with van der Waals surface area (Å²) in [6.07, 6.45) is 1.56. The number of fused-ring (bicyclic) bond motifs is 3. The van der Waals surface area contributed by atoms with Gasteiger partial charge in [-0.2, -0.15) is 0 Å². The van der Waals surface area contributed by atoms with Crippen LogP contribution in [0.25, 0.3) is 10.9 Å². The van der Waals surface area contributed by atoms with Crippen molar-refractivity contribution in [2.45, 2.75) is 19.4 Å². The molecule has 180 valence electrons. The highest BCUT2D eigenvalue weighted by atomic mass is 16.5. The van der Waals surface area contributed by atoms with E-state index in [2.05, 4.69) is 10.2 Å². The van der Waals surface area contributed by atoms with E-state index in [4.69, 9.17) is 14.5 Å². The molecule has 0 aliphatic carbocycles. The molecule has 0 atom stereocenters. The van der Waals surface area contributed by atoms with Crippen LogP contribution in [0.2, 0.25) is 0 Å². The Balaban J connectivity index is 1.26. The molecule has 0 saturated carbocycles. The molecule has 0 radical (unpaired) electrons. The van der Waals surface area contributed by atoms with Crippen molar-refractivity contribution in [2.75, 3.05) is 51.3 Å². The van der Waals surface area contributed by atoms with Gasteiger partial charge in [-0.3, -0.25) is 19.5 Å². The molecular weight excluding hydrogens is 444 g/mol. The summed E-state index contributed by atoms with van der Waals surface area (Å²) in [6, 6.07) is 13.7. The summed E-state index contributed by atoms with van der Waals surface area (Å²) in [5, 5.41) is 3.89. The third-order valence-electron chi connectivity index (χ3n) is 6.99. The molecule has 3 aromatic rings. The zero-order valence-electron chi connectivity index (χ0n) is 19.6. The molecular formula is C27H28N4O4. The van der Waals surface area contributed by atoms with E-state index in [0.29, 0.717) is 58.0 Å². The lowest BCUT2D eigenvalue weighted by atomic mass is 9.94. The first-order valence-corrected chi connectivity index (χ1v) is 12.2. The number of carbonyl (C=O) groups excluding carboxylic acids is 2. The van der Waals surface area contributed by atoms with Crippen LogP contribution in [0.15, 0.2) is 42.5 Å². The lowest BCUT2D eigenvalue weighted by Crippen LogP contribution is -2.42. The first kappa shape index (κ1) is 22.0. The molecule has 4 heterocycles. The second kappa shape index (κ2) is 9.28. The number of anilines is 1. The van der Waals surface area contributed by atoms with Crippen molar-refractivity contribution in [3.8, 4) is 5.75 Å². The highest BCUT2D eigenvalue weighted by Crippen LogP contribution is 2.34. The summed E-state index contributed by atoms with van der Waals surface area (Å²) in [7, 11) is 0. The van der Waals surface area contributed by atoms with Crippen LogP contribution in [0.4, 0.5) is 5.69 Å². The van der Waals surface area contributed by atoms with Crippen LogP contribution in [0.1, 0.15) is 27.2 Å². The largest absolute Gasteiger partial charge is 0.491 e. The third kappa shape index (κ3) is 4.24. The highest BCUT2D eigenvalue weighted by molar-refractivity contribution is 6.07. The van der Waals surface area contributed by atoms with Gasteiger partial charge in [-0.1, -0.05) is 30.3 Å². The zero-order valence-corrected chi connectivity index (χ0v) is 19.6. The molecule has 0 bridgehead atoms. The van der Waals surface area contributed by atoms with Crippen molar-refractivity contribution in [3.05, 3.63) is 64.8 Å². The SMILES string of the molecule is O=C(CN1CCc2nc3ccccc3c(C(=O)N3CCOCC3)c2C1)Nc1cccc2c1OCC2. The molecule has 3 aliphatic heterocycles. The van der Waals surface area contributed by atoms with Gasteiger partial charge in [0.05, 0.1) is 43.1 Å². The van der Waals surface area contributed by atoms with Gasteiger partial charge in [0.15, 0.2) is 0 Å². The van der Waals surface area contributed by atoms with Gasteiger partial charge in [0.2, 0.25) is 5.91 Å². The van der Waals surface area contributed by atoms with Gasteiger partial charge in [-0.25, -0.2) is 0 Å². The Morgan fingerprint density at radius 2 is 1.83 bits per heavy atom. The summed E-state index contributed by atoms with van der Waals surface area (Å²) in [5.74, 6) is 0.706. The van der Waals surface area contributed by atoms with Crippen molar-refractivity contribution in [1.29, 1.82) is 0 Å². The van der Waals surface area contributed by atoms with Gasteiger partial charge in [-0.05, 0) is 17.7 Å². The van der Waals surface area contributed by atoms with E-state index >= 15 is 0 Å². The number of pyridine rings is 1. The number of ether oxygens (including phenoxy) is 2. The molecule has 8 heteroatoms. The van der Waals surface area contributed by atoms with Crippen LogP contribution >= 0.6 is 0 Å². The second-order valence-corrected chi connectivity index (χ2v) is 9.23. The molecule has 2 amide bonds. The minimum absolute atomic E-state index is 0.0199. The Labute approximate surface area is 203 Å². The summed E-state index contributed by atoms with van der Waals surface area (Å²) in [6.45, 7) is 4.37. The summed E-state index contributed by atoms with van der Waals surface area (Å²) >= 11 is 0. The van der Waals surface area contributed by atoms with Gasteiger partial charge in [0.1, 0.15) is 5.75 Å². The van der Waals surface area contributed by atoms with Crippen LogP contribution in [0, 0.1) is 0 Å². The zero-order chi connectivity index (χ0) is 23.8. The topological polar surface area (TPSA) is 84.0 Å². The lowest BCUT2D eigenvalue weighted by Gasteiger charge is -2.32. The Hall–Kier alpha value is -3.49. The van der Waals surface area contributed by atoms with Crippen LogP contribution in [0.3, 0.4) is 0 Å². The maximum Gasteiger partial charge on any atom is 0.255 e. The Morgan fingerprint density at radius 3 is 2.71 bits per heavy atom. The fourth-order valence-electron chi connectivity index (χ4n) is 5.26. The molecule has 0 spiro atoms. The normalized spacial score (nSPS) is 17.5. The van der Waals surface area contributed by atoms with Gasteiger partial charge in [0.25, 0.3) is 5.91 Å². The minimum Gasteiger partial charge on any atom is -0.491 e. The molecule has 2 aromatic carbocycles. The van der Waals surface area contributed by atoms with Gasteiger partial charge < -0.3 is 19.7 Å². The average Bonchev–Trinajstić information content (AvgIpc) is 3.37. The molecule has 1 aromatic heterocycles. The summed E-state index contributed by atoms with van der Waals surface area (Å²) in [4.78, 5) is 35.5. The third-order valence-corrected chi connectivity index (χ3v) is 6.99. The quantitative estimate of drug-likeness (QED) is 0.629. The molecule has 3 aliphatic rings. The molecule has 6 rings (SSSR count). The van der Waals surface area contributed by atoms with E-state index in [9.17, 15) is 9.59 Å². The molecule has 1 N–H and O–H groups in total. The lowest BCUT2D eigenvalue weighted by molar-refractivity contribution is -0.117. The van der Waals surface area contributed by atoms with Crippen molar-refractivity contribution >= 4 is 28.4 Å². The predicted octanol–water partition coefficient (Wildman–Crippen LogP) is 2.64. The number of rotatable bonds is 4. The Bertz CT molecular complexity index is 1300. The number of amides is 2. The number of nitrogens with zero attached hydrogens (tertiary/aromatic N) is 3. The number of aromatic nitrogens is 1. The van der Waals surface area contributed by atoms with E-state index in [-0.39, 0.29) is 18.4 Å². The number of hydrogen-bond acceptors (Lipinski definition) is 6. The van der Waals surface area contributed by atoms with Gasteiger partial charge in [-0.15, -0.1) is 0 Å². The molecule has 8 nitrogen and oxygen atoms in total. The first-order valence-electron chi connectivity index (χ1n) is 12.2. The fraction of sp³-hybridized carbons (Fsp3) is 0.370. The van der Waals surface area contributed by atoms with Crippen molar-refractivity contribution in [3.63, 3.8) is 0 Å². The van der Waals surface area contributed by atoms with E-state index in [1.807, 2.05) is 47.4 Å². The highest BCUT2D eigenvalue weighted by Gasteiger charge is 2.30. The smallest absolute Gasteiger partial charge is 0.255 e.